The zero-order valence-corrected chi connectivity index (χ0v) is 18.5. The Kier molecular flexibility index (Phi) is 6.97. The Morgan fingerprint density at radius 1 is 1.16 bits per heavy atom. The van der Waals surface area contributed by atoms with E-state index in [4.69, 9.17) is 14.2 Å². The molecule has 2 aliphatic heterocycles. The van der Waals surface area contributed by atoms with Crippen LogP contribution >= 0.6 is 0 Å². The molecule has 4 rings (SSSR count). The van der Waals surface area contributed by atoms with Gasteiger partial charge in [0.25, 0.3) is 0 Å². The molecule has 2 aliphatic rings. The van der Waals surface area contributed by atoms with Crippen LogP contribution in [0.25, 0.3) is 0 Å². The SMILES string of the molecule is COc1ccc(NC(=O)CCC2CCCN(Cc3ccc4c(c3)OCCO4)C2)c(C)c1. The summed E-state index contributed by atoms with van der Waals surface area (Å²) in [7, 11) is 1.65. The van der Waals surface area contributed by atoms with Crippen molar-refractivity contribution in [2.75, 3.05) is 38.7 Å². The molecule has 166 valence electrons. The first-order valence-electron chi connectivity index (χ1n) is 11.2. The number of rotatable bonds is 7. The lowest BCUT2D eigenvalue weighted by molar-refractivity contribution is -0.116. The van der Waals surface area contributed by atoms with Crippen molar-refractivity contribution in [3.05, 3.63) is 47.5 Å². The third-order valence-corrected chi connectivity index (χ3v) is 6.10. The number of benzene rings is 2. The summed E-state index contributed by atoms with van der Waals surface area (Å²) in [5.74, 6) is 3.12. The van der Waals surface area contributed by atoms with Gasteiger partial charge in [0.2, 0.25) is 5.91 Å². The molecule has 6 nitrogen and oxygen atoms in total. The summed E-state index contributed by atoms with van der Waals surface area (Å²) < 4.78 is 16.6. The third-order valence-electron chi connectivity index (χ3n) is 6.10. The minimum absolute atomic E-state index is 0.0808. The summed E-state index contributed by atoms with van der Waals surface area (Å²) in [6.45, 7) is 6.25. The molecule has 1 atom stereocenters. The third kappa shape index (κ3) is 5.70. The molecule has 1 amide bonds. The number of fused-ring (bicyclic) bond motifs is 1. The van der Waals surface area contributed by atoms with E-state index in [2.05, 4.69) is 22.3 Å². The molecule has 6 heteroatoms. The van der Waals surface area contributed by atoms with E-state index in [0.29, 0.717) is 25.6 Å². The van der Waals surface area contributed by atoms with Crippen molar-refractivity contribution in [1.29, 1.82) is 0 Å². The molecule has 1 fully saturated rings. The summed E-state index contributed by atoms with van der Waals surface area (Å²) in [6, 6.07) is 12.0. The Labute approximate surface area is 184 Å². The Bertz CT molecular complexity index is 914. The predicted octanol–water partition coefficient (Wildman–Crippen LogP) is 4.41. The van der Waals surface area contributed by atoms with Crippen LogP contribution in [0, 0.1) is 12.8 Å². The number of nitrogens with one attached hydrogen (secondary N) is 1. The van der Waals surface area contributed by atoms with Crippen LogP contribution in [0.2, 0.25) is 0 Å². The average molecular weight is 425 g/mol. The summed E-state index contributed by atoms with van der Waals surface area (Å²) in [6.07, 6.45) is 3.83. The van der Waals surface area contributed by atoms with E-state index >= 15 is 0 Å². The van der Waals surface area contributed by atoms with Gasteiger partial charge < -0.3 is 19.5 Å². The molecule has 0 aliphatic carbocycles. The van der Waals surface area contributed by atoms with E-state index in [9.17, 15) is 4.79 Å². The first-order valence-corrected chi connectivity index (χ1v) is 11.2. The predicted molar refractivity (Wildman–Crippen MR) is 121 cm³/mol. The molecular formula is C25H32N2O4. The van der Waals surface area contributed by atoms with Crippen LogP contribution in [0.15, 0.2) is 36.4 Å². The van der Waals surface area contributed by atoms with Crippen molar-refractivity contribution in [2.45, 2.75) is 39.2 Å². The number of hydrogen-bond donors (Lipinski definition) is 1. The van der Waals surface area contributed by atoms with Crippen molar-refractivity contribution in [3.63, 3.8) is 0 Å². The molecule has 2 aromatic carbocycles. The van der Waals surface area contributed by atoms with E-state index < -0.39 is 0 Å². The minimum atomic E-state index is 0.0808. The molecular weight excluding hydrogens is 392 g/mol. The Balaban J connectivity index is 1.25. The molecule has 0 saturated carbocycles. The molecule has 0 aromatic heterocycles. The van der Waals surface area contributed by atoms with Crippen molar-refractivity contribution in [2.24, 2.45) is 5.92 Å². The number of hydrogen-bond acceptors (Lipinski definition) is 5. The minimum Gasteiger partial charge on any atom is -0.497 e. The van der Waals surface area contributed by atoms with Crippen LogP contribution in [0.4, 0.5) is 5.69 Å². The van der Waals surface area contributed by atoms with E-state index in [1.54, 1.807) is 7.11 Å². The van der Waals surface area contributed by atoms with Crippen molar-refractivity contribution in [3.8, 4) is 17.2 Å². The summed E-state index contributed by atoms with van der Waals surface area (Å²) in [5, 5.41) is 3.05. The van der Waals surface area contributed by atoms with Crippen molar-refractivity contribution >= 4 is 11.6 Å². The van der Waals surface area contributed by atoms with Gasteiger partial charge in [-0.3, -0.25) is 9.69 Å². The lowest BCUT2D eigenvalue weighted by Gasteiger charge is -2.33. The number of anilines is 1. The number of methoxy groups -OCH3 is 1. The fourth-order valence-corrected chi connectivity index (χ4v) is 4.43. The summed E-state index contributed by atoms with van der Waals surface area (Å²) in [4.78, 5) is 15.0. The van der Waals surface area contributed by atoms with E-state index in [1.807, 2.05) is 31.2 Å². The molecule has 31 heavy (non-hydrogen) atoms. The number of likely N-dealkylation sites (tertiary alicyclic amines) is 1. The van der Waals surface area contributed by atoms with Crippen LogP contribution in [0.3, 0.4) is 0 Å². The smallest absolute Gasteiger partial charge is 0.224 e. The van der Waals surface area contributed by atoms with Gasteiger partial charge >= 0.3 is 0 Å². The summed E-state index contributed by atoms with van der Waals surface area (Å²) >= 11 is 0. The Morgan fingerprint density at radius 3 is 2.81 bits per heavy atom. The van der Waals surface area contributed by atoms with Crippen molar-refractivity contribution in [1.82, 2.24) is 4.90 Å². The van der Waals surface area contributed by atoms with Gasteiger partial charge in [0, 0.05) is 25.2 Å². The molecule has 2 aromatic rings. The normalized spacial score (nSPS) is 18.5. The van der Waals surface area contributed by atoms with Gasteiger partial charge in [-0.15, -0.1) is 0 Å². The number of aryl methyl sites for hydroxylation is 1. The molecule has 0 radical (unpaired) electrons. The fourth-order valence-electron chi connectivity index (χ4n) is 4.43. The number of piperidine rings is 1. The lowest BCUT2D eigenvalue weighted by Crippen LogP contribution is -2.35. The average Bonchev–Trinajstić information content (AvgIpc) is 2.79. The standard InChI is InChI=1S/C25H32N2O4/c1-18-14-21(29-2)7-8-22(18)26-25(28)10-6-19-4-3-11-27(16-19)17-20-5-9-23-24(15-20)31-13-12-30-23/h5,7-9,14-15,19H,3-4,6,10-13,16-17H2,1-2H3,(H,26,28). The molecule has 2 heterocycles. The largest absolute Gasteiger partial charge is 0.497 e. The maximum atomic E-state index is 12.5. The number of carbonyl (C=O) groups excluding carboxylic acids is 1. The molecule has 1 saturated heterocycles. The molecule has 0 bridgehead atoms. The lowest BCUT2D eigenvalue weighted by atomic mass is 9.93. The zero-order chi connectivity index (χ0) is 21.6. The van der Waals surface area contributed by atoms with Crippen molar-refractivity contribution < 1.29 is 19.0 Å². The quantitative estimate of drug-likeness (QED) is 0.714. The maximum absolute atomic E-state index is 12.5. The second kappa shape index (κ2) is 10.1. The first kappa shape index (κ1) is 21.5. The topological polar surface area (TPSA) is 60.0 Å². The molecule has 1 N–H and O–H groups in total. The van der Waals surface area contributed by atoms with Gasteiger partial charge in [0.05, 0.1) is 7.11 Å². The molecule has 1 unspecified atom stereocenters. The highest BCUT2D eigenvalue weighted by Gasteiger charge is 2.21. The second-order valence-corrected chi connectivity index (χ2v) is 8.49. The van der Waals surface area contributed by atoms with Crippen LogP contribution in [-0.4, -0.2) is 44.2 Å². The van der Waals surface area contributed by atoms with Gasteiger partial charge in [-0.05, 0) is 80.1 Å². The number of carbonyl (C=O) groups is 1. The highest BCUT2D eigenvalue weighted by atomic mass is 16.6. The molecule has 0 spiro atoms. The highest BCUT2D eigenvalue weighted by Crippen LogP contribution is 2.32. The Morgan fingerprint density at radius 2 is 2.00 bits per heavy atom. The van der Waals surface area contributed by atoms with Gasteiger partial charge in [-0.2, -0.15) is 0 Å². The Hall–Kier alpha value is -2.73. The van der Waals surface area contributed by atoms with E-state index in [0.717, 1.165) is 54.6 Å². The maximum Gasteiger partial charge on any atom is 0.224 e. The van der Waals surface area contributed by atoms with Gasteiger partial charge in [-0.25, -0.2) is 0 Å². The number of ether oxygens (including phenoxy) is 3. The van der Waals surface area contributed by atoms with Crippen LogP contribution in [-0.2, 0) is 11.3 Å². The highest BCUT2D eigenvalue weighted by molar-refractivity contribution is 5.91. The van der Waals surface area contributed by atoms with Gasteiger partial charge in [0.15, 0.2) is 11.5 Å². The van der Waals surface area contributed by atoms with Crippen LogP contribution in [0.5, 0.6) is 17.2 Å². The van der Waals surface area contributed by atoms with Crippen LogP contribution < -0.4 is 19.5 Å². The van der Waals surface area contributed by atoms with Gasteiger partial charge in [-0.1, -0.05) is 6.07 Å². The number of nitrogens with zero attached hydrogens (tertiary/aromatic N) is 1. The first-order chi connectivity index (χ1) is 15.1. The van der Waals surface area contributed by atoms with Crippen LogP contribution in [0.1, 0.15) is 36.8 Å². The van der Waals surface area contributed by atoms with Gasteiger partial charge in [0.1, 0.15) is 19.0 Å². The zero-order valence-electron chi connectivity index (χ0n) is 18.5. The second-order valence-electron chi connectivity index (χ2n) is 8.49. The number of amides is 1. The van der Waals surface area contributed by atoms with E-state index in [1.165, 1.54) is 18.4 Å². The van der Waals surface area contributed by atoms with E-state index in [-0.39, 0.29) is 5.91 Å². The summed E-state index contributed by atoms with van der Waals surface area (Å²) in [5.41, 5.74) is 3.11. The monoisotopic (exact) mass is 424 g/mol. The fraction of sp³-hybridized carbons (Fsp3) is 0.480.